The van der Waals surface area contributed by atoms with Crippen LogP contribution < -0.4 is 5.73 Å². The van der Waals surface area contributed by atoms with Crippen LogP contribution in [0.3, 0.4) is 0 Å². The minimum atomic E-state index is -0.723. The quantitative estimate of drug-likeness (QED) is 0.769. The maximum atomic E-state index is 13.9. The van der Waals surface area contributed by atoms with Crippen molar-refractivity contribution < 1.29 is 13.3 Å². The van der Waals surface area contributed by atoms with E-state index < -0.39 is 11.6 Å². The van der Waals surface area contributed by atoms with Gasteiger partial charge in [0, 0.05) is 0 Å². The smallest absolute Gasteiger partial charge is 0.182 e. The topological polar surface area (TPSA) is 52.0 Å². The summed E-state index contributed by atoms with van der Waals surface area (Å²) in [7, 11) is 0. The van der Waals surface area contributed by atoms with Crippen LogP contribution in [-0.4, -0.2) is 5.16 Å². The van der Waals surface area contributed by atoms with E-state index in [2.05, 4.69) is 5.16 Å². The van der Waals surface area contributed by atoms with Gasteiger partial charge >= 0.3 is 0 Å². The molecule has 0 aliphatic rings. The molecule has 5 heteroatoms. The molecule has 3 aromatic rings. The highest BCUT2D eigenvalue weighted by Crippen LogP contribution is 2.38. The molecule has 0 aliphatic heterocycles. The third kappa shape index (κ3) is 2.27. The van der Waals surface area contributed by atoms with Gasteiger partial charge in [-0.1, -0.05) is 41.1 Å². The van der Waals surface area contributed by atoms with Gasteiger partial charge in [0.05, 0.1) is 11.1 Å². The molecule has 0 saturated heterocycles. The molecular weight excluding hydrogens is 274 g/mol. The molecular formula is C16H12F2N2O. The van der Waals surface area contributed by atoms with Crippen LogP contribution in [0.25, 0.3) is 22.5 Å². The van der Waals surface area contributed by atoms with E-state index in [0.717, 1.165) is 17.7 Å². The van der Waals surface area contributed by atoms with Gasteiger partial charge in [-0.3, -0.25) is 0 Å². The predicted octanol–water partition coefficient (Wildman–Crippen LogP) is 4.18. The summed E-state index contributed by atoms with van der Waals surface area (Å²) in [6, 6.07) is 11.0. The number of hydrogen-bond donors (Lipinski definition) is 1. The van der Waals surface area contributed by atoms with Gasteiger partial charge < -0.3 is 10.3 Å². The fraction of sp³-hybridized carbons (Fsp3) is 0.0625. The second-order valence-electron chi connectivity index (χ2n) is 4.73. The molecule has 0 fully saturated rings. The van der Waals surface area contributed by atoms with Crippen molar-refractivity contribution in [2.45, 2.75) is 6.92 Å². The second kappa shape index (κ2) is 5.01. The molecule has 2 aromatic carbocycles. The van der Waals surface area contributed by atoms with E-state index >= 15 is 0 Å². The van der Waals surface area contributed by atoms with Crippen LogP contribution in [0, 0.1) is 18.6 Å². The van der Waals surface area contributed by atoms with Crippen LogP contribution in [0.4, 0.5) is 14.6 Å². The van der Waals surface area contributed by atoms with Crippen molar-refractivity contribution in [3.63, 3.8) is 0 Å². The predicted molar refractivity (Wildman–Crippen MR) is 76.4 cm³/mol. The molecule has 0 atom stereocenters. The van der Waals surface area contributed by atoms with Crippen molar-refractivity contribution >= 4 is 5.82 Å². The summed E-state index contributed by atoms with van der Waals surface area (Å²) in [5.74, 6) is -1.36. The molecule has 1 heterocycles. The van der Waals surface area contributed by atoms with E-state index in [1.54, 1.807) is 12.1 Å². The fourth-order valence-electron chi connectivity index (χ4n) is 2.19. The van der Waals surface area contributed by atoms with Crippen molar-refractivity contribution in [1.82, 2.24) is 5.16 Å². The van der Waals surface area contributed by atoms with Crippen LogP contribution in [-0.2, 0) is 0 Å². The first kappa shape index (κ1) is 13.3. The Hall–Kier alpha value is -2.69. The average molecular weight is 286 g/mol. The third-order valence-corrected chi connectivity index (χ3v) is 3.25. The Bertz CT molecular complexity index is 774. The van der Waals surface area contributed by atoms with Gasteiger partial charge in [-0.2, -0.15) is 0 Å². The number of nitrogen functional groups attached to an aromatic ring is 1. The summed E-state index contributed by atoms with van der Waals surface area (Å²) in [6.07, 6.45) is 0. The lowest BCUT2D eigenvalue weighted by Crippen LogP contribution is -1.92. The largest absolute Gasteiger partial charge is 0.380 e. The van der Waals surface area contributed by atoms with Gasteiger partial charge in [-0.15, -0.1) is 0 Å². The van der Waals surface area contributed by atoms with E-state index in [9.17, 15) is 8.78 Å². The Morgan fingerprint density at radius 3 is 2.19 bits per heavy atom. The van der Waals surface area contributed by atoms with Gasteiger partial charge in [0.15, 0.2) is 11.6 Å². The number of halogens is 2. The molecule has 0 unspecified atom stereocenters. The Labute approximate surface area is 120 Å². The molecule has 0 radical (unpaired) electrons. The normalized spacial score (nSPS) is 10.8. The molecule has 21 heavy (non-hydrogen) atoms. The number of nitrogens with zero attached hydrogens (tertiary/aromatic N) is 1. The number of hydrogen-bond acceptors (Lipinski definition) is 3. The zero-order valence-corrected chi connectivity index (χ0v) is 11.2. The molecule has 2 N–H and O–H groups in total. The highest BCUT2D eigenvalue weighted by atomic mass is 19.1. The number of benzene rings is 2. The lowest BCUT2D eigenvalue weighted by Gasteiger charge is -2.05. The van der Waals surface area contributed by atoms with Gasteiger partial charge in [-0.05, 0) is 24.6 Å². The van der Waals surface area contributed by atoms with Crippen molar-refractivity contribution in [3.05, 3.63) is 59.7 Å². The summed E-state index contributed by atoms with van der Waals surface area (Å²) in [5.41, 5.74) is 7.67. The first-order valence-corrected chi connectivity index (χ1v) is 6.34. The number of aryl methyl sites for hydroxylation is 1. The summed E-state index contributed by atoms with van der Waals surface area (Å²) in [5, 5.41) is 3.64. The molecule has 106 valence electrons. The lowest BCUT2D eigenvalue weighted by molar-refractivity contribution is 0.430. The minimum absolute atomic E-state index is 0.00745. The van der Waals surface area contributed by atoms with Gasteiger partial charge in [-0.25, -0.2) is 8.78 Å². The molecule has 0 bridgehead atoms. The number of rotatable bonds is 2. The maximum absolute atomic E-state index is 13.9. The zero-order valence-electron chi connectivity index (χ0n) is 11.2. The van der Waals surface area contributed by atoms with Gasteiger partial charge in [0.2, 0.25) is 0 Å². The van der Waals surface area contributed by atoms with Crippen molar-refractivity contribution in [2.75, 3.05) is 5.73 Å². The summed E-state index contributed by atoms with van der Waals surface area (Å²) in [6.45, 7) is 1.94. The minimum Gasteiger partial charge on any atom is -0.380 e. The first-order chi connectivity index (χ1) is 10.1. The van der Waals surface area contributed by atoms with E-state index in [1.807, 2.05) is 19.1 Å². The number of anilines is 1. The zero-order chi connectivity index (χ0) is 15.0. The molecule has 3 rings (SSSR count). The molecule has 0 aliphatic carbocycles. The molecule has 3 nitrogen and oxygen atoms in total. The highest BCUT2D eigenvalue weighted by molar-refractivity contribution is 5.86. The second-order valence-corrected chi connectivity index (χ2v) is 4.73. The van der Waals surface area contributed by atoms with Crippen molar-refractivity contribution in [2.24, 2.45) is 0 Å². The highest BCUT2D eigenvalue weighted by Gasteiger charge is 2.23. The van der Waals surface area contributed by atoms with Crippen LogP contribution in [0.2, 0.25) is 0 Å². The fourth-order valence-corrected chi connectivity index (χ4v) is 2.19. The Kier molecular flexibility index (Phi) is 3.17. The molecule has 0 saturated carbocycles. The van der Waals surface area contributed by atoms with E-state index in [1.165, 1.54) is 6.07 Å². The van der Waals surface area contributed by atoms with E-state index in [4.69, 9.17) is 10.3 Å². The monoisotopic (exact) mass is 286 g/mol. The van der Waals surface area contributed by atoms with Crippen LogP contribution >= 0.6 is 0 Å². The number of aromatic nitrogens is 1. The number of nitrogens with two attached hydrogens (primary N) is 1. The Morgan fingerprint density at radius 2 is 1.57 bits per heavy atom. The van der Waals surface area contributed by atoms with Crippen molar-refractivity contribution in [3.8, 4) is 22.5 Å². The summed E-state index contributed by atoms with van der Waals surface area (Å²) >= 11 is 0. The van der Waals surface area contributed by atoms with Gasteiger partial charge in [0.25, 0.3) is 0 Å². The average Bonchev–Trinajstić information content (AvgIpc) is 2.82. The van der Waals surface area contributed by atoms with Crippen LogP contribution in [0.5, 0.6) is 0 Å². The van der Waals surface area contributed by atoms with E-state index in [0.29, 0.717) is 11.1 Å². The van der Waals surface area contributed by atoms with E-state index in [-0.39, 0.29) is 17.1 Å². The first-order valence-electron chi connectivity index (χ1n) is 6.34. The van der Waals surface area contributed by atoms with Crippen LogP contribution in [0.1, 0.15) is 5.56 Å². The Morgan fingerprint density at radius 1 is 0.952 bits per heavy atom. The molecule has 1 aromatic heterocycles. The summed E-state index contributed by atoms with van der Waals surface area (Å²) < 4.78 is 32.9. The lowest BCUT2D eigenvalue weighted by atomic mass is 10.00. The molecule has 0 spiro atoms. The Balaban J connectivity index is 2.24. The van der Waals surface area contributed by atoms with Gasteiger partial charge in [0.1, 0.15) is 11.6 Å². The van der Waals surface area contributed by atoms with Crippen LogP contribution in [0.15, 0.2) is 47.0 Å². The SMILES string of the molecule is Cc1ccc(-c2c(N)noc2-c2c(F)cccc2F)cc1. The standard InChI is InChI=1S/C16H12F2N2O/c1-9-5-7-10(8-6-9)13-15(21-20-16(13)19)14-11(17)3-2-4-12(14)18/h2-8H,1H3,(H2,19,20). The maximum Gasteiger partial charge on any atom is 0.182 e. The molecule has 0 amide bonds. The summed E-state index contributed by atoms with van der Waals surface area (Å²) in [4.78, 5) is 0. The van der Waals surface area contributed by atoms with Crippen molar-refractivity contribution in [1.29, 1.82) is 0 Å². The third-order valence-electron chi connectivity index (χ3n) is 3.25.